The molecule has 1 aromatic heterocycles. The molecule has 0 aromatic carbocycles. The third-order valence-electron chi connectivity index (χ3n) is 2.26. The van der Waals surface area contributed by atoms with Gasteiger partial charge in [0.05, 0.1) is 0 Å². The molecule has 1 heterocycles. The summed E-state index contributed by atoms with van der Waals surface area (Å²) in [7, 11) is 0. The number of aromatic nitrogens is 2. The smallest absolute Gasteiger partial charge is 0.425 e. The maximum absolute atomic E-state index is 12.4. The Morgan fingerprint density at radius 2 is 2.11 bits per heavy atom. The molecular weight excluding hydrogens is 247 g/mol. The van der Waals surface area contributed by atoms with E-state index < -0.39 is 12.3 Å². The van der Waals surface area contributed by atoms with Gasteiger partial charge >= 0.3 is 6.18 Å². The van der Waals surface area contributed by atoms with E-state index in [1.807, 2.05) is 6.92 Å². The molecular formula is C11H16F3N3O. The normalized spacial score (nSPS) is 13.4. The highest BCUT2D eigenvalue weighted by molar-refractivity contribution is 5.23. The van der Waals surface area contributed by atoms with Crippen molar-refractivity contribution < 1.29 is 17.9 Å². The van der Waals surface area contributed by atoms with E-state index >= 15 is 0 Å². The van der Waals surface area contributed by atoms with E-state index in [4.69, 9.17) is 4.74 Å². The molecule has 1 N–H and O–H groups in total. The van der Waals surface area contributed by atoms with Gasteiger partial charge in [0, 0.05) is 18.3 Å². The van der Waals surface area contributed by atoms with Gasteiger partial charge in [0.25, 0.3) is 0 Å². The van der Waals surface area contributed by atoms with Gasteiger partial charge in [0.2, 0.25) is 5.88 Å². The topological polar surface area (TPSA) is 47.0 Å². The Balaban J connectivity index is 2.88. The molecule has 102 valence electrons. The summed E-state index contributed by atoms with van der Waals surface area (Å²) in [6.07, 6.45) is -4.83. The molecule has 7 heteroatoms. The lowest BCUT2D eigenvalue weighted by molar-refractivity contribution is -0.190. The van der Waals surface area contributed by atoms with E-state index in [2.05, 4.69) is 15.3 Å². The first-order chi connectivity index (χ1) is 8.34. The minimum absolute atomic E-state index is 0.0201. The van der Waals surface area contributed by atoms with Crippen LogP contribution in [0.4, 0.5) is 13.2 Å². The first-order valence-corrected chi connectivity index (χ1v) is 5.61. The van der Waals surface area contributed by atoms with Crippen LogP contribution in [-0.2, 0) is 6.54 Å². The van der Waals surface area contributed by atoms with Crippen molar-refractivity contribution in [1.82, 2.24) is 15.3 Å². The maximum atomic E-state index is 12.4. The van der Waals surface area contributed by atoms with Gasteiger partial charge in [-0.15, -0.1) is 0 Å². The van der Waals surface area contributed by atoms with Crippen LogP contribution in [0.5, 0.6) is 5.88 Å². The minimum atomic E-state index is -4.41. The zero-order valence-electron chi connectivity index (χ0n) is 10.5. The molecule has 0 radical (unpaired) electrons. The molecule has 18 heavy (non-hydrogen) atoms. The Morgan fingerprint density at radius 3 is 2.67 bits per heavy atom. The fourth-order valence-electron chi connectivity index (χ4n) is 1.19. The Hall–Kier alpha value is -1.37. The predicted octanol–water partition coefficient (Wildman–Crippen LogP) is 2.22. The van der Waals surface area contributed by atoms with Gasteiger partial charge in [0.15, 0.2) is 6.10 Å². The summed E-state index contributed by atoms with van der Waals surface area (Å²) in [5, 5.41) is 3.00. The van der Waals surface area contributed by atoms with Gasteiger partial charge in [-0.2, -0.15) is 18.2 Å². The number of alkyl halides is 3. The van der Waals surface area contributed by atoms with Crippen molar-refractivity contribution in [1.29, 1.82) is 0 Å². The van der Waals surface area contributed by atoms with Crippen LogP contribution >= 0.6 is 0 Å². The van der Waals surface area contributed by atoms with Crippen molar-refractivity contribution in [3.63, 3.8) is 0 Å². The lowest BCUT2D eigenvalue weighted by Crippen LogP contribution is -2.32. The Morgan fingerprint density at radius 1 is 1.44 bits per heavy atom. The van der Waals surface area contributed by atoms with Crippen LogP contribution in [0.25, 0.3) is 0 Å². The molecule has 1 aromatic rings. The van der Waals surface area contributed by atoms with E-state index in [1.54, 1.807) is 6.92 Å². The summed E-state index contributed by atoms with van der Waals surface area (Å²) in [5.41, 5.74) is 0.513. The number of hydrogen-bond acceptors (Lipinski definition) is 4. The minimum Gasteiger partial charge on any atom is -0.465 e. The van der Waals surface area contributed by atoms with Crippen molar-refractivity contribution in [3.8, 4) is 5.88 Å². The molecule has 0 aliphatic carbocycles. The first-order valence-electron chi connectivity index (χ1n) is 5.61. The molecule has 0 fully saturated rings. The number of aryl methyl sites for hydroxylation is 1. The second kappa shape index (κ2) is 5.99. The van der Waals surface area contributed by atoms with Crippen LogP contribution in [0, 0.1) is 6.92 Å². The van der Waals surface area contributed by atoms with Crippen LogP contribution in [0.3, 0.4) is 0 Å². The largest absolute Gasteiger partial charge is 0.465 e. The number of halogens is 3. The SMILES string of the molecule is CCNCc1cnc(C)nc1OC(C)C(F)(F)F. The highest BCUT2D eigenvalue weighted by Crippen LogP contribution is 2.25. The second-order valence-electron chi connectivity index (χ2n) is 3.83. The third-order valence-corrected chi connectivity index (χ3v) is 2.26. The van der Waals surface area contributed by atoms with Crippen molar-refractivity contribution >= 4 is 0 Å². The molecule has 4 nitrogen and oxygen atoms in total. The summed E-state index contributed by atoms with van der Waals surface area (Å²) < 4.78 is 42.2. The van der Waals surface area contributed by atoms with E-state index in [1.165, 1.54) is 6.20 Å². The molecule has 0 aliphatic heterocycles. The lowest BCUT2D eigenvalue weighted by atomic mass is 10.3. The van der Waals surface area contributed by atoms with Crippen LogP contribution < -0.4 is 10.1 Å². The van der Waals surface area contributed by atoms with Crippen molar-refractivity contribution in [2.24, 2.45) is 0 Å². The summed E-state index contributed by atoms with van der Waals surface area (Å²) in [4.78, 5) is 7.86. The molecule has 0 bridgehead atoms. The predicted molar refractivity (Wildman–Crippen MR) is 60.3 cm³/mol. The molecule has 0 saturated carbocycles. The van der Waals surface area contributed by atoms with Gasteiger partial charge < -0.3 is 10.1 Å². The Bertz CT molecular complexity index is 396. The molecule has 1 atom stereocenters. The zero-order valence-corrected chi connectivity index (χ0v) is 10.5. The van der Waals surface area contributed by atoms with Gasteiger partial charge in [-0.05, 0) is 20.4 Å². The van der Waals surface area contributed by atoms with Crippen LogP contribution in [0.1, 0.15) is 25.2 Å². The third kappa shape index (κ3) is 4.14. The van der Waals surface area contributed by atoms with Crippen LogP contribution in [-0.4, -0.2) is 28.8 Å². The Kier molecular flexibility index (Phi) is 4.89. The van der Waals surface area contributed by atoms with Crippen LogP contribution in [0.15, 0.2) is 6.20 Å². The van der Waals surface area contributed by atoms with Crippen molar-refractivity contribution in [2.45, 2.75) is 39.6 Å². The summed E-state index contributed by atoms with van der Waals surface area (Å²) in [5.74, 6) is 0.355. The monoisotopic (exact) mass is 263 g/mol. The van der Waals surface area contributed by atoms with Crippen molar-refractivity contribution in [3.05, 3.63) is 17.6 Å². The van der Waals surface area contributed by atoms with Crippen molar-refractivity contribution in [2.75, 3.05) is 6.54 Å². The van der Waals surface area contributed by atoms with E-state index in [0.717, 1.165) is 6.92 Å². The van der Waals surface area contributed by atoms with E-state index in [9.17, 15) is 13.2 Å². The van der Waals surface area contributed by atoms with E-state index in [0.29, 0.717) is 24.5 Å². The summed E-state index contributed by atoms with van der Waals surface area (Å²) >= 11 is 0. The quantitative estimate of drug-likeness (QED) is 0.885. The van der Waals surface area contributed by atoms with Gasteiger partial charge in [-0.1, -0.05) is 6.92 Å². The standard InChI is InChI=1S/C11H16F3N3O/c1-4-15-5-9-6-16-8(3)17-10(9)18-7(2)11(12,13)14/h6-7,15H,4-5H2,1-3H3. The molecule has 0 aliphatic rings. The average molecular weight is 263 g/mol. The highest BCUT2D eigenvalue weighted by Gasteiger charge is 2.38. The molecule has 1 unspecified atom stereocenters. The number of nitrogens with one attached hydrogen (secondary N) is 1. The number of rotatable bonds is 5. The molecule has 0 saturated heterocycles. The first kappa shape index (κ1) is 14.7. The number of ether oxygens (including phenoxy) is 1. The van der Waals surface area contributed by atoms with Crippen LogP contribution in [0.2, 0.25) is 0 Å². The average Bonchev–Trinajstić information content (AvgIpc) is 2.26. The fourth-order valence-corrected chi connectivity index (χ4v) is 1.19. The fraction of sp³-hybridized carbons (Fsp3) is 0.636. The molecule has 0 spiro atoms. The number of hydrogen-bond donors (Lipinski definition) is 1. The highest BCUT2D eigenvalue weighted by atomic mass is 19.4. The van der Waals surface area contributed by atoms with E-state index in [-0.39, 0.29) is 5.88 Å². The van der Waals surface area contributed by atoms with Gasteiger partial charge in [-0.3, -0.25) is 0 Å². The lowest BCUT2D eigenvalue weighted by Gasteiger charge is -2.18. The summed E-state index contributed by atoms with van der Waals surface area (Å²) in [6.45, 7) is 5.52. The maximum Gasteiger partial charge on any atom is 0.425 e. The molecule has 0 amide bonds. The van der Waals surface area contributed by atoms with Gasteiger partial charge in [-0.25, -0.2) is 4.98 Å². The summed E-state index contributed by atoms with van der Waals surface area (Å²) in [6, 6.07) is 0. The zero-order chi connectivity index (χ0) is 13.8. The molecule has 1 rings (SSSR count). The second-order valence-corrected chi connectivity index (χ2v) is 3.83. The Labute approximate surface area is 104 Å². The van der Waals surface area contributed by atoms with Gasteiger partial charge in [0.1, 0.15) is 5.82 Å². The number of nitrogens with zero attached hydrogens (tertiary/aromatic N) is 2.